The third-order valence-corrected chi connectivity index (χ3v) is 2.28. The van der Waals surface area contributed by atoms with E-state index in [-0.39, 0.29) is 12.6 Å². The van der Waals surface area contributed by atoms with Crippen LogP contribution >= 0.6 is 0 Å². The molecule has 0 amide bonds. The Morgan fingerprint density at radius 2 is 2.00 bits per heavy atom. The number of aliphatic hydroxyl groups excluding tert-OH is 1. The van der Waals surface area contributed by atoms with Crippen LogP contribution in [0.15, 0.2) is 0 Å². The van der Waals surface area contributed by atoms with E-state index in [2.05, 4.69) is 8.37 Å². The Morgan fingerprint density at radius 1 is 1.54 bits per heavy atom. The van der Waals surface area contributed by atoms with Gasteiger partial charge >= 0.3 is 10.4 Å². The predicted molar refractivity (Wildman–Crippen MR) is 46.3 cm³/mol. The summed E-state index contributed by atoms with van der Waals surface area (Å²) in [5, 5.41) is 8.67. The van der Waals surface area contributed by atoms with E-state index in [9.17, 15) is 8.42 Å². The zero-order valence-electron chi connectivity index (χ0n) is 7.69. The summed E-state index contributed by atoms with van der Waals surface area (Å²) in [4.78, 5) is 0. The minimum atomic E-state index is -4.09. The van der Waals surface area contributed by atoms with Gasteiger partial charge in [0.25, 0.3) is 0 Å². The first-order valence-electron chi connectivity index (χ1n) is 3.30. The molecule has 1 unspecified atom stereocenters. The van der Waals surface area contributed by atoms with Gasteiger partial charge in [-0.3, -0.25) is 4.18 Å². The Morgan fingerprint density at radius 3 is 2.23 bits per heavy atom. The quantitative estimate of drug-likeness (QED) is 0.507. The number of nitrogens with two attached hydrogens (primary N) is 1. The van der Waals surface area contributed by atoms with Crippen LogP contribution in [0.1, 0.15) is 13.3 Å². The first-order valence-corrected chi connectivity index (χ1v) is 4.63. The smallest absolute Gasteiger partial charge is 0.392 e. The topological polar surface area (TPSA) is 134 Å². The average molecular weight is 216 g/mol. The van der Waals surface area contributed by atoms with Crippen molar-refractivity contribution in [2.45, 2.75) is 19.1 Å². The summed E-state index contributed by atoms with van der Waals surface area (Å²) in [5.41, 5.74) is 3.74. The van der Waals surface area contributed by atoms with Gasteiger partial charge in [-0.15, -0.1) is 0 Å². The summed E-state index contributed by atoms with van der Waals surface area (Å²) >= 11 is 0. The molecule has 0 saturated carbocycles. The molecule has 0 rings (SSSR count). The second kappa shape index (κ2) is 5.47. The average Bonchev–Trinajstić information content (AvgIpc) is 2.04. The molecule has 0 fully saturated rings. The van der Waals surface area contributed by atoms with E-state index < -0.39 is 22.7 Å². The molecule has 0 radical (unpaired) electrons. The van der Waals surface area contributed by atoms with Gasteiger partial charge in [-0.1, -0.05) is 6.92 Å². The van der Waals surface area contributed by atoms with E-state index in [0.717, 1.165) is 7.11 Å². The molecule has 0 aliphatic rings. The van der Waals surface area contributed by atoms with Gasteiger partial charge < -0.3 is 17.0 Å². The maximum absolute atomic E-state index is 10.7. The molecule has 0 aromatic rings. The van der Waals surface area contributed by atoms with E-state index in [0.29, 0.717) is 0 Å². The van der Waals surface area contributed by atoms with E-state index in [1.807, 2.05) is 0 Å². The van der Waals surface area contributed by atoms with E-state index in [4.69, 9.17) is 10.8 Å². The maximum Gasteiger partial charge on any atom is 0.401 e. The van der Waals surface area contributed by atoms with Crippen molar-refractivity contribution in [3.05, 3.63) is 0 Å². The Labute approximate surface area is 77.7 Å². The summed E-state index contributed by atoms with van der Waals surface area (Å²) < 4.78 is 29.7. The Bertz CT molecular complexity index is 223. The van der Waals surface area contributed by atoms with Crippen LogP contribution in [0.25, 0.3) is 0 Å². The first-order chi connectivity index (χ1) is 5.39. The molecule has 7 nitrogen and oxygen atoms in total. The minimum Gasteiger partial charge on any atom is -0.392 e. The number of rotatable bonds is 5. The van der Waals surface area contributed by atoms with Gasteiger partial charge in [0, 0.05) is 0 Å². The van der Waals surface area contributed by atoms with Crippen molar-refractivity contribution in [1.82, 2.24) is 6.15 Å². The van der Waals surface area contributed by atoms with Crippen molar-refractivity contribution in [3.63, 3.8) is 0 Å². The van der Waals surface area contributed by atoms with E-state index in [1.165, 1.54) is 0 Å². The standard InChI is InChI=1S/C5H13NO5S.H3N/c1-3-5(6,4-7)11-12(8,9)10-2;/h7H,3-4,6H2,1-2H3;1H3. The summed E-state index contributed by atoms with van der Waals surface area (Å²) in [7, 11) is -3.14. The van der Waals surface area contributed by atoms with Crippen LogP contribution in [-0.4, -0.2) is 33.0 Å². The Hall–Kier alpha value is -0.250. The molecule has 1 atom stereocenters. The predicted octanol–water partition coefficient (Wildman–Crippen LogP) is -0.886. The normalized spacial score (nSPS) is 16.0. The van der Waals surface area contributed by atoms with Gasteiger partial charge in [-0.05, 0) is 6.42 Å². The second-order valence-corrected chi connectivity index (χ2v) is 3.55. The molecule has 6 N–H and O–H groups in total. The lowest BCUT2D eigenvalue weighted by Crippen LogP contribution is -2.47. The van der Waals surface area contributed by atoms with Crippen molar-refractivity contribution in [2.24, 2.45) is 5.73 Å². The Balaban J connectivity index is 0. The molecule has 0 aromatic heterocycles. The fraction of sp³-hybridized carbons (Fsp3) is 1.00. The monoisotopic (exact) mass is 216 g/mol. The minimum absolute atomic E-state index is 0. The molecular formula is C5H16N2O5S. The summed E-state index contributed by atoms with van der Waals surface area (Å²) in [6.07, 6.45) is 0.159. The van der Waals surface area contributed by atoms with E-state index in [1.54, 1.807) is 6.92 Å². The van der Waals surface area contributed by atoms with Gasteiger partial charge in [0.1, 0.15) is 0 Å². The molecule has 0 aliphatic heterocycles. The van der Waals surface area contributed by atoms with Crippen LogP contribution < -0.4 is 11.9 Å². The molecule has 8 heteroatoms. The van der Waals surface area contributed by atoms with Crippen molar-refractivity contribution in [2.75, 3.05) is 13.7 Å². The molecule has 0 heterocycles. The van der Waals surface area contributed by atoms with Gasteiger partial charge in [-0.25, -0.2) is 4.18 Å². The maximum atomic E-state index is 10.7. The third kappa shape index (κ3) is 5.13. The van der Waals surface area contributed by atoms with Crippen LogP contribution in [0.2, 0.25) is 0 Å². The van der Waals surface area contributed by atoms with Crippen LogP contribution in [0.3, 0.4) is 0 Å². The fourth-order valence-corrected chi connectivity index (χ4v) is 1.08. The highest BCUT2D eigenvalue weighted by atomic mass is 32.3. The number of hydrogen-bond acceptors (Lipinski definition) is 7. The van der Waals surface area contributed by atoms with Gasteiger partial charge in [0.15, 0.2) is 5.72 Å². The largest absolute Gasteiger partial charge is 0.401 e. The van der Waals surface area contributed by atoms with Crippen molar-refractivity contribution in [1.29, 1.82) is 0 Å². The third-order valence-electron chi connectivity index (χ3n) is 1.34. The highest BCUT2D eigenvalue weighted by Gasteiger charge is 2.29. The summed E-state index contributed by atoms with van der Waals surface area (Å²) in [5.74, 6) is 0. The van der Waals surface area contributed by atoms with Crippen LogP contribution in [0, 0.1) is 0 Å². The van der Waals surface area contributed by atoms with E-state index >= 15 is 0 Å². The van der Waals surface area contributed by atoms with Crippen LogP contribution in [0.5, 0.6) is 0 Å². The highest BCUT2D eigenvalue weighted by molar-refractivity contribution is 7.81. The molecule has 0 bridgehead atoms. The molecule has 82 valence electrons. The van der Waals surface area contributed by atoms with Gasteiger partial charge in [-0.2, -0.15) is 8.42 Å². The Kier molecular flexibility index (Phi) is 6.41. The van der Waals surface area contributed by atoms with Crippen molar-refractivity contribution >= 4 is 10.4 Å². The molecule has 0 aliphatic carbocycles. The molecule has 0 saturated heterocycles. The zero-order valence-corrected chi connectivity index (χ0v) is 8.50. The van der Waals surface area contributed by atoms with Crippen LogP contribution in [0.4, 0.5) is 0 Å². The van der Waals surface area contributed by atoms with Crippen molar-refractivity contribution < 1.29 is 21.9 Å². The summed E-state index contributed by atoms with van der Waals surface area (Å²) in [6.45, 7) is 0.994. The highest BCUT2D eigenvalue weighted by Crippen LogP contribution is 2.11. The SMILES string of the molecule is CCC(N)(CO)OS(=O)(=O)OC.N. The number of hydrogen-bond donors (Lipinski definition) is 3. The second-order valence-electron chi connectivity index (χ2n) is 2.23. The molecule has 13 heavy (non-hydrogen) atoms. The molecular weight excluding hydrogens is 200 g/mol. The lowest BCUT2D eigenvalue weighted by molar-refractivity contribution is 0.00528. The molecule has 0 aromatic carbocycles. The lowest BCUT2D eigenvalue weighted by Gasteiger charge is -2.23. The zero-order chi connectivity index (χ0) is 9.83. The number of aliphatic hydroxyl groups is 1. The van der Waals surface area contributed by atoms with Gasteiger partial charge in [0.2, 0.25) is 0 Å². The molecule has 0 spiro atoms. The summed E-state index contributed by atoms with van der Waals surface area (Å²) in [6, 6.07) is 0. The fourth-order valence-electron chi connectivity index (χ4n) is 0.434. The van der Waals surface area contributed by atoms with Gasteiger partial charge in [0.05, 0.1) is 13.7 Å². The lowest BCUT2D eigenvalue weighted by atomic mass is 10.2. The van der Waals surface area contributed by atoms with Crippen molar-refractivity contribution in [3.8, 4) is 0 Å². The van der Waals surface area contributed by atoms with Crippen LogP contribution in [-0.2, 0) is 18.8 Å². The first kappa shape index (κ1) is 15.2.